The van der Waals surface area contributed by atoms with E-state index in [4.69, 9.17) is 9.15 Å². The van der Waals surface area contributed by atoms with E-state index in [1.165, 1.54) is 5.56 Å². The summed E-state index contributed by atoms with van der Waals surface area (Å²) in [5, 5.41) is 8.41. The first-order valence-electron chi connectivity index (χ1n) is 12.9. The van der Waals surface area contributed by atoms with Crippen molar-refractivity contribution in [3.63, 3.8) is 0 Å². The topological polar surface area (TPSA) is 51.4 Å². The van der Waals surface area contributed by atoms with Gasteiger partial charge in [0.2, 0.25) is 11.8 Å². The first-order chi connectivity index (χ1) is 18.6. The minimum atomic E-state index is 0.299. The Morgan fingerprint density at radius 3 is 2.63 bits per heavy atom. The maximum absolute atomic E-state index is 5.87. The maximum Gasteiger partial charge on any atom is 0.247 e. The fourth-order valence-corrected chi connectivity index (χ4v) is 4.23. The predicted octanol–water partition coefficient (Wildman–Crippen LogP) is 6.79. The molecule has 3 aromatic rings. The van der Waals surface area contributed by atoms with E-state index in [0.717, 1.165) is 42.0 Å². The Morgan fingerprint density at radius 1 is 1.13 bits per heavy atom. The molecule has 0 aliphatic heterocycles. The standard InChI is InChI=1S/C32H37N3O2S/c1-5-7-13-30(6-2)36-22-23-38-25-31-33-34-32(37-31)29-18-16-26(17-19-29)14-15-28(20-21-35(3)4)24-27-11-9-8-10-12-27/h5-13,16-19,28H,2,20-25H2,1,3-4H3/b7-5-,30-13+. The number of thioether (sulfide) groups is 1. The van der Waals surface area contributed by atoms with Crippen LogP contribution in [0.3, 0.4) is 0 Å². The van der Waals surface area contributed by atoms with Crippen molar-refractivity contribution in [2.45, 2.75) is 25.5 Å². The van der Waals surface area contributed by atoms with Crippen molar-refractivity contribution in [3.8, 4) is 23.3 Å². The van der Waals surface area contributed by atoms with Crippen LogP contribution in [0.5, 0.6) is 0 Å². The Bertz CT molecular complexity index is 1230. The van der Waals surface area contributed by atoms with Crippen molar-refractivity contribution in [2.75, 3.05) is 33.0 Å². The van der Waals surface area contributed by atoms with Crippen LogP contribution in [0.25, 0.3) is 11.5 Å². The Balaban J connectivity index is 1.53. The fourth-order valence-electron chi connectivity index (χ4n) is 3.59. The van der Waals surface area contributed by atoms with E-state index < -0.39 is 0 Å². The molecule has 0 spiro atoms. The van der Waals surface area contributed by atoms with E-state index >= 15 is 0 Å². The molecule has 38 heavy (non-hydrogen) atoms. The molecule has 1 unspecified atom stereocenters. The average Bonchev–Trinajstić information content (AvgIpc) is 3.41. The summed E-state index contributed by atoms with van der Waals surface area (Å²) in [7, 11) is 4.21. The molecule has 0 N–H and O–H groups in total. The highest BCUT2D eigenvalue weighted by molar-refractivity contribution is 7.98. The van der Waals surface area contributed by atoms with Crippen LogP contribution in [-0.2, 0) is 16.9 Å². The van der Waals surface area contributed by atoms with Crippen LogP contribution >= 0.6 is 11.8 Å². The van der Waals surface area contributed by atoms with Crippen molar-refractivity contribution in [1.82, 2.24) is 15.1 Å². The molecule has 1 aromatic heterocycles. The van der Waals surface area contributed by atoms with Crippen molar-refractivity contribution >= 4 is 11.8 Å². The van der Waals surface area contributed by atoms with Crippen molar-refractivity contribution in [3.05, 3.63) is 108 Å². The lowest BCUT2D eigenvalue weighted by molar-refractivity contribution is 0.246. The molecule has 0 saturated carbocycles. The van der Waals surface area contributed by atoms with Gasteiger partial charge in [0.15, 0.2) is 0 Å². The first kappa shape index (κ1) is 29.0. The van der Waals surface area contributed by atoms with Gasteiger partial charge in [-0.15, -0.1) is 22.0 Å². The SMILES string of the molecule is C=C/C(=C\C=C/C)OCCSCc1nnc(-c2ccc(C#CC(CCN(C)C)Cc3ccccc3)cc2)o1. The highest BCUT2D eigenvalue weighted by Crippen LogP contribution is 2.21. The van der Waals surface area contributed by atoms with E-state index in [1.54, 1.807) is 17.8 Å². The van der Waals surface area contributed by atoms with Gasteiger partial charge >= 0.3 is 0 Å². The number of allylic oxidation sites excluding steroid dienone is 4. The molecule has 0 bridgehead atoms. The van der Waals surface area contributed by atoms with Crippen LogP contribution in [0.4, 0.5) is 0 Å². The molecule has 5 nitrogen and oxygen atoms in total. The zero-order valence-corrected chi connectivity index (χ0v) is 23.4. The quantitative estimate of drug-likeness (QED) is 0.0995. The van der Waals surface area contributed by atoms with Crippen molar-refractivity contribution in [1.29, 1.82) is 0 Å². The molecule has 3 rings (SSSR count). The van der Waals surface area contributed by atoms with Gasteiger partial charge in [-0.2, -0.15) is 0 Å². The molecular weight excluding hydrogens is 490 g/mol. The molecule has 0 radical (unpaired) electrons. The largest absolute Gasteiger partial charge is 0.493 e. The second-order valence-corrected chi connectivity index (χ2v) is 10.1. The number of rotatable bonds is 14. The molecular formula is C32H37N3O2S. The van der Waals surface area contributed by atoms with E-state index in [2.05, 4.69) is 77.9 Å². The van der Waals surface area contributed by atoms with Crippen LogP contribution in [-0.4, -0.2) is 48.1 Å². The van der Waals surface area contributed by atoms with Crippen molar-refractivity contribution < 1.29 is 9.15 Å². The average molecular weight is 528 g/mol. The van der Waals surface area contributed by atoms with Gasteiger partial charge in [0.05, 0.1) is 12.4 Å². The zero-order valence-electron chi connectivity index (χ0n) is 22.6. The molecule has 1 atom stereocenters. The van der Waals surface area contributed by atoms with Gasteiger partial charge in [-0.25, -0.2) is 0 Å². The van der Waals surface area contributed by atoms with Crippen LogP contribution in [0.15, 0.2) is 95.7 Å². The van der Waals surface area contributed by atoms with Crippen LogP contribution < -0.4 is 0 Å². The zero-order chi connectivity index (χ0) is 27.0. The smallest absolute Gasteiger partial charge is 0.247 e. The Kier molecular flexibility index (Phi) is 12.5. The van der Waals surface area contributed by atoms with Crippen LogP contribution in [0.1, 0.15) is 30.4 Å². The van der Waals surface area contributed by atoms with Crippen LogP contribution in [0.2, 0.25) is 0 Å². The third-order valence-corrected chi connectivity index (χ3v) is 6.55. The molecule has 0 aliphatic carbocycles. The predicted molar refractivity (Wildman–Crippen MR) is 159 cm³/mol. The Labute approximate surface area is 231 Å². The van der Waals surface area contributed by atoms with Gasteiger partial charge in [0.1, 0.15) is 5.76 Å². The second kappa shape index (κ2) is 16.3. The summed E-state index contributed by atoms with van der Waals surface area (Å²) in [5.41, 5.74) is 3.19. The third kappa shape index (κ3) is 10.5. The minimum Gasteiger partial charge on any atom is -0.493 e. The van der Waals surface area contributed by atoms with Crippen molar-refractivity contribution in [2.24, 2.45) is 5.92 Å². The third-order valence-electron chi connectivity index (χ3n) is 5.65. The summed E-state index contributed by atoms with van der Waals surface area (Å²) >= 11 is 1.69. The number of benzene rings is 2. The molecule has 1 heterocycles. The second-order valence-electron chi connectivity index (χ2n) is 9.03. The van der Waals surface area contributed by atoms with Gasteiger partial charge < -0.3 is 14.1 Å². The summed E-state index contributed by atoms with van der Waals surface area (Å²) in [6.07, 6.45) is 9.47. The molecule has 0 aliphatic rings. The summed E-state index contributed by atoms with van der Waals surface area (Å²) in [5.74, 6) is 10.5. The van der Waals surface area contributed by atoms with Gasteiger partial charge in [-0.3, -0.25) is 0 Å². The molecule has 198 valence electrons. The van der Waals surface area contributed by atoms with Gasteiger partial charge in [0, 0.05) is 22.8 Å². The lowest BCUT2D eigenvalue weighted by atomic mass is 9.96. The van der Waals surface area contributed by atoms with Gasteiger partial charge in [-0.1, -0.05) is 60.9 Å². The molecule has 0 saturated heterocycles. The molecule has 6 heteroatoms. The first-order valence-corrected chi connectivity index (χ1v) is 14.0. The maximum atomic E-state index is 5.87. The number of hydrogen-bond acceptors (Lipinski definition) is 6. The van der Waals surface area contributed by atoms with Gasteiger partial charge in [0.25, 0.3) is 0 Å². The highest BCUT2D eigenvalue weighted by Gasteiger charge is 2.10. The molecule has 0 amide bonds. The monoisotopic (exact) mass is 527 g/mol. The lowest BCUT2D eigenvalue weighted by Crippen LogP contribution is -2.17. The minimum absolute atomic E-state index is 0.299. The highest BCUT2D eigenvalue weighted by atomic mass is 32.2. The summed E-state index contributed by atoms with van der Waals surface area (Å²) < 4.78 is 11.6. The van der Waals surface area contributed by atoms with E-state index in [1.807, 2.05) is 49.4 Å². The van der Waals surface area contributed by atoms with Crippen LogP contribution in [0, 0.1) is 17.8 Å². The van der Waals surface area contributed by atoms with E-state index in [0.29, 0.717) is 30.1 Å². The number of nitrogens with zero attached hydrogens (tertiary/aromatic N) is 3. The summed E-state index contributed by atoms with van der Waals surface area (Å²) in [6.45, 7) is 7.33. The lowest BCUT2D eigenvalue weighted by Gasteiger charge is -2.14. The van der Waals surface area contributed by atoms with E-state index in [-0.39, 0.29) is 0 Å². The normalized spacial score (nSPS) is 12.4. The molecule has 0 fully saturated rings. The summed E-state index contributed by atoms with van der Waals surface area (Å²) in [4.78, 5) is 2.21. The Hall–Kier alpha value is -3.53. The summed E-state index contributed by atoms with van der Waals surface area (Å²) in [6, 6.07) is 18.6. The van der Waals surface area contributed by atoms with E-state index in [9.17, 15) is 0 Å². The number of ether oxygens (including phenoxy) is 1. The Morgan fingerprint density at radius 2 is 1.92 bits per heavy atom. The number of aromatic nitrogens is 2. The van der Waals surface area contributed by atoms with Gasteiger partial charge in [-0.05, 0) is 82.4 Å². The fraction of sp³-hybridized carbons (Fsp3) is 0.312. The molecule has 2 aromatic carbocycles. The number of hydrogen-bond donors (Lipinski definition) is 0.